The van der Waals surface area contributed by atoms with Gasteiger partial charge in [-0.15, -0.1) is 11.6 Å². The van der Waals surface area contributed by atoms with Crippen LogP contribution >= 0.6 is 11.6 Å². The number of aromatic nitrogens is 2. The molecule has 1 aliphatic heterocycles. The molecule has 0 radical (unpaired) electrons. The highest BCUT2D eigenvalue weighted by Gasteiger charge is 2.33. The predicted molar refractivity (Wildman–Crippen MR) is 73.3 cm³/mol. The fraction of sp³-hybridized carbons (Fsp3) is 0.667. The van der Waals surface area contributed by atoms with Gasteiger partial charge in [0.1, 0.15) is 0 Å². The van der Waals surface area contributed by atoms with Crippen LogP contribution in [0.4, 0.5) is 0 Å². The first kappa shape index (κ1) is 15.7. The maximum Gasteiger partial charge on any atom is 0.260 e. The van der Waals surface area contributed by atoms with Crippen molar-refractivity contribution >= 4 is 31.6 Å². The standard InChI is InChI=1S/C9H15ClN4O4S2/c1-19(15,16)13-2-4-14(5-3-13)20(17,18)9-8(6-10)7-11-12-9/h7H,2-6H2,1H3,(H,11,12). The zero-order valence-corrected chi connectivity index (χ0v) is 13.2. The highest BCUT2D eigenvalue weighted by Crippen LogP contribution is 2.20. The Labute approximate surface area is 122 Å². The van der Waals surface area contributed by atoms with Gasteiger partial charge in [-0.1, -0.05) is 0 Å². The van der Waals surface area contributed by atoms with Gasteiger partial charge in [0.05, 0.1) is 18.3 Å². The van der Waals surface area contributed by atoms with Gasteiger partial charge in [-0.2, -0.15) is 13.7 Å². The lowest BCUT2D eigenvalue weighted by atomic mass is 10.4. The van der Waals surface area contributed by atoms with Crippen molar-refractivity contribution in [3.05, 3.63) is 11.8 Å². The normalized spacial score (nSPS) is 19.3. The van der Waals surface area contributed by atoms with Crippen LogP contribution in [0.2, 0.25) is 0 Å². The fourth-order valence-corrected chi connectivity index (χ4v) is 4.62. The molecular weight excluding hydrogens is 328 g/mol. The van der Waals surface area contributed by atoms with E-state index in [9.17, 15) is 16.8 Å². The average Bonchev–Trinajstić information content (AvgIpc) is 2.87. The van der Waals surface area contributed by atoms with Crippen LogP contribution in [-0.4, -0.2) is 68.1 Å². The summed E-state index contributed by atoms with van der Waals surface area (Å²) in [6.07, 6.45) is 2.48. The number of aromatic amines is 1. The topological polar surface area (TPSA) is 103 Å². The van der Waals surface area contributed by atoms with E-state index in [0.29, 0.717) is 5.56 Å². The molecule has 0 saturated carbocycles. The molecule has 2 rings (SSSR count). The van der Waals surface area contributed by atoms with E-state index in [1.807, 2.05) is 0 Å². The van der Waals surface area contributed by atoms with Crippen LogP contribution in [0.5, 0.6) is 0 Å². The molecule has 0 bridgehead atoms. The van der Waals surface area contributed by atoms with Crippen LogP contribution in [0.25, 0.3) is 0 Å². The van der Waals surface area contributed by atoms with Crippen molar-refractivity contribution in [3.8, 4) is 0 Å². The van der Waals surface area contributed by atoms with Gasteiger partial charge in [0, 0.05) is 31.7 Å². The van der Waals surface area contributed by atoms with E-state index >= 15 is 0 Å². The molecule has 0 aliphatic carbocycles. The van der Waals surface area contributed by atoms with E-state index in [4.69, 9.17) is 11.6 Å². The highest BCUT2D eigenvalue weighted by molar-refractivity contribution is 7.89. The molecule has 0 amide bonds. The summed E-state index contributed by atoms with van der Waals surface area (Å²) in [6, 6.07) is 0. The zero-order chi connectivity index (χ0) is 15.0. The molecule has 1 N–H and O–H groups in total. The molecule has 114 valence electrons. The summed E-state index contributed by atoms with van der Waals surface area (Å²) in [7, 11) is -7.01. The fourth-order valence-electron chi connectivity index (χ4n) is 1.99. The van der Waals surface area contributed by atoms with Gasteiger partial charge in [-0.05, 0) is 0 Å². The minimum atomic E-state index is -3.72. The van der Waals surface area contributed by atoms with Gasteiger partial charge in [-0.25, -0.2) is 16.8 Å². The first-order valence-electron chi connectivity index (χ1n) is 5.80. The van der Waals surface area contributed by atoms with Crippen LogP contribution in [-0.2, 0) is 25.9 Å². The molecule has 11 heteroatoms. The van der Waals surface area contributed by atoms with Crippen molar-refractivity contribution in [2.45, 2.75) is 10.9 Å². The molecule has 2 heterocycles. The lowest BCUT2D eigenvalue weighted by Crippen LogP contribution is -2.50. The molecule has 0 spiro atoms. The van der Waals surface area contributed by atoms with E-state index in [1.54, 1.807) is 0 Å². The number of hydrogen-bond acceptors (Lipinski definition) is 5. The summed E-state index contributed by atoms with van der Waals surface area (Å²) >= 11 is 5.67. The van der Waals surface area contributed by atoms with Crippen LogP contribution in [0, 0.1) is 0 Å². The number of piperazine rings is 1. The number of nitrogens with zero attached hydrogens (tertiary/aromatic N) is 3. The van der Waals surface area contributed by atoms with E-state index in [2.05, 4.69) is 10.2 Å². The molecule has 0 unspecified atom stereocenters. The van der Waals surface area contributed by atoms with Crippen LogP contribution in [0.1, 0.15) is 5.56 Å². The van der Waals surface area contributed by atoms with Crippen LogP contribution in [0.3, 0.4) is 0 Å². The number of sulfonamides is 2. The van der Waals surface area contributed by atoms with Crippen LogP contribution in [0.15, 0.2) is 11.2 Å². The number of H-pyrrole nitrogens is 1. The second-order valence-corrected chi connectivity index (χ2v) is 8.55. The Morgan fingerprint density at radius 1 is 1.20 bits per heavy atom. The lowest BCUT2D eigenvalue weighted by Gasteiger charge is -2.32. The zero-order valence-electron chi connectivity index (χ0n) is 10.8. The van der Waals surface area contributed by atoms with Gasteiger partial charge in [-0.3, -0.25) is 5.10 Å². The van der Waals surface area contributed by atoms with Crippen molar-refractivity contribution in [1.29, 1.82) is 0 Å². The summed E-state index contributed by atoms with van der Waals surface area (Å²) < 4.78 is 50.1. The summed E-state index contributed by atoms with van der Waals surface area (Å²) in [6.45, 7) is 0.497. The second-order valence-electron chi connectivity index (χ2n) is 4.42. The Hall–Kier alpha value is -0.680. The minimum Gasteiger partial charge on any atom is -0.266 e. The Balaban J connectivity index is 2.18. The number of halogens is 1. The number of rotatable bonds is 4. The third-order valence-electron chi connectivity index (χ3n) is 3.09. The Kier molecular flexibility index (Phi) is 4.40. The molecule has 1 fully saturated rings. The van der Waals surface area contributed by atoms with Crippen molar-refractivity contribution in [2.75, 3.05) is 32.4 Å². The third kappa shape index (κ3) is 2.98. The highest BCUT2D eigenvalue weighted by atomic mass is 35.5. The first-order chi connectivity index (χ1) is 9.26. The van der Waals surface area contributed by atoms with E-state index in [-0.39, 0.29) is 37.1 Å². The number of alkyl halides is 1. The van der Waals surface area contributed by atoms with E-state index < -0.39 is 20.0 Å². The SMILES string of the molecule is CS(=O)(=O)N1CCN(S(=O)(=O)c2[nH]ncc2CCl)CC1. The van der Waals surface area contributed by atoms with Gasteiger partial charge < -0.3 is 0 Å². The maximum absolute atomic E-state index is 12.4. The molecule has 20 heavy (non-hydrogen) atoms. The lowest BCUT2D eigenvalue weighted by molar-refractivity contribution is 0.273. The average molecular weight is 343 g/mol. The van der Waals surface area contributed by atoms with Crippen molar-refractivity contribution < 1.29 is 16.8 Å². The Morgan fingerprint density at radius 3 is 2.25 bits per heavy atom. The summed E-state index contributed by atoms with van der Waals surface area (Å²) in [5, 5.41) is 6.10. The van der Waals surface area contributed by atoms with Crippen molar-refractivity contribution in [3.63, 3.8) is 0 Å². The molecule has 0 aromatic carbocycles. The second kappa shape index (κ2) is 5.60. The van der Waals surface area contributed by atoms with Gasteiger partial charge in [0.25, 0.3) is 10.0 Å². The summed E-state index contributed by atoms with van der Waals surface area (Å²) in [4.78, 5) is 0. The van der Waals surface area contributed by atoms with Gasteiger partial charge in [0.2, 0.25) is 10.0 Å². The quantitative estimate of drug-likeness (QED) is 0.737. The molecule has 1 saturated heterocycles. The molecule has 1 aromatic heterocycles. The third-order valence-corrected chi connectivity index (χ3v) is 6.59. The molecular formula is C9H15ClN4O4S2. The van der Waals surface area contributed by atoms with Crippen molar-refractivity contribution in [2.24, 2.45) is 0 Å². The van der Waals surface area contributed by atoms with Crippen molar-refractivity contribution in [1.82, 2.24) is 18.8 Å². The van der Waals surface area contributed by atoms with E-state index in [1.165, 1.54) is 14.8 Å². The first-order valence-corrected chi connectivity index (χ1v) is 9.62. The molecule has 8 nitrogen and oxygen atoms in total. The molecule has 1 aliphatic rings. The molecule has 0 atom stereocenters. The summed E-state index contributed by atoms with van der Waals surface area (Å²) in [5.41, 5.74) is 0.400. The van der Waals surface area contributed by atoms with E-state index in [0.717, 1.165) is 6.26 Å². The predicted octanol–water partition coefficient (Wildman–Crippen LogP) is -0.586. The number of hydrogen-bond donors (Lipinski definition) is 1. The minimum absolute atomic E-state index is 0.0275. The summed E-state index contributed by atoms with van der Waals surface area (Å²) in [5.74, 6) is 0.0361. The smallest absolute Gasteiger partial charge is 0.260 e. The Morgan fingerprint density at radius 2 is 1.75 bits per heavy atom. The number of nitrogens with one attached hydrogen (secondary N) is 1. The monoisotopic (exact) mass is 342 g/mol. The van der Waals surface area contributed by atoms with Crippen LogP contribution < -0.4 is 0 Å². The Bertz CT molecular complexity index is 677. The maximum atomic E-state index is 12.4. The van der Waals surface area contributed by atoms with Gasteiger partial charge in [0.15, 0.2) is 5.03 Å². The van der Waals surface area contributed by atoms with Gasteiger partial charge >= 0.3 is 0 Å². The molecule has 1 aromatic rings. The largest absolute Gasteiger partial charge is 0.266 e.